The fourth-order valence-electron chi connectivity index (χ4n) is 2.26. The number of para-hydroxylation sites is 1. The van der Waals surface area contributed by atoms with Gasteiger partial charge in [0.2, 0.25) is 0 Å². The van der Waals surface area contributed by atoms with Gasteiger partial charge in [-0.05, 0) is 25.1 Å². The Morgan fingerprint density at radius 3 is 2.82 bits per heavy atom. The average molecular weight is 417 g/mol. The number of hydrogen-bond donors (Lipinski definition) is 1. The minimum Gasteiger partial charge on any atom is -0.452 e. The van der Waals surface area contributed by atoms with E-state index in [0.29, 0.717) is 0 Å². The molecule has 3 rings (SSSR count). The second-order valence-corrected chi connectivity index (χ2v) is 7.92. The van der Waals surface area contributed by atoms with Crippen LogP contribution in [0.3, 0.4) is 0 Å². The number of thiazole rings is 1. The molecule has 1 aromatic heterocycles. The molecule has 0 aliphatic rings. The van der Waals surface area contributed by atoms with E-state index in [0.717, 1.165) is 14.6 Å². The van der Waals surface area contributed by atoms with E-state index >= 15 is 0 Å². The number of benzene rings is 2. The number of esters is 1. The highest BCUT2D eigenvalue weighted by Gasteiger charge is 2.19. The lowest BCUT2D eigenvalue weighted by Crippen LogP contribution is -2.30. The number of non-ortho nitro benzene ring substituents is 1. The Bertz CT molecular complexity index is 1000. The Balaban J connectivity index is 1.51. The van der Waals surface area contributed by atoms with Crippen LogP contribution in [0.1, 0.15) is 6.92 Å². The summed E-state index contributed by atoms with van der Waals surface area (Å²) in [6, 6.07) is 13.2. The molecule has 0 saturated carbocycles. The van der Waals surface area contributed by atoms with Gasteiger partial charge in [0.1, 0.15) is 0 Å². The maximum Gasteiger partial charge on any atom is 0.317 e. The maximum atomic E-state index is 12.1. The molecule has 0 aliphatic heterocycles. The highest BCUT2D eigenvalue weighted by Crippen LogP contribution is 2.29. The number of rotatable bonds is 7. The molecule has 0 spiro atoms. The minimum absolute atomic E-state index is 0.0221. The van der Waals surface area contributed by atoms with E-state index in [9.17, 15) is 19.7 Å². The van der Waals surface area contributed by atoms with Crippen LogP contribution < -0.4 is 5.32 Å². The quantitative estimate of drug-likeness (QED) is 0.269. The van der Waals surface area contributed by atoms with E-state index in [1.807, 2.05) is 24.3 Å². The number of thioether (sulfide) groups is 1. The van der Waals surface area contributed by atoms with E-state index in [1.54, 1.807) is 0 Å². The van der Waals surface area contributed by atoms with E-state index < -0.39 is 22.9 Å². The second kappa shape index (κ2) is 8.81. The van der Waals surface area contributed by atoms with E-state index in [2.05, 4.69) is 10.3 Å². The standard InChI is InChI=1S/C18H15N3O5S2/c1-11(17(23)19-12-5-4-6-13(9-12)21(24)25)26-16(22)10-27-18-20-14-7-2-3-8-15(14)28-18/h2-9,11H,10H2,1H3,(H,19,23). The van der Waals surface area contributed by atoms with Crippen molar-refractivity contribution < 1.29 is 19.2 Å². The van der Waals surface area contributed by atoms with Gasteiger partial charge in [0.15, 0.2) is 10.4 Å². The summed E-state index contributed by atoms with van der Waals surface area (Å²) in [5.74, 6) is -1.10. The van der Waals surface area contributed by atoms with Crippen molar-refractivity contribution in [2.45, 2.75) is 17.4 Å². The SMILES string of the molecule is CC(OC(=O)CSc1nc2ccccc2s1)C(=O)Nc1cccc([N+](=O)[O-])c1. The summed E-state index contributed by atoms with van der Waals surface area (Å²) in [4.78, 5) is 38.8. The lowest BCUT2D eigenvalue weighted by atomic mass is 10.2. The first kappa shape index (κ1) is 19.8. The number of carbonyl (C=O) groups excluding carboxylic acids is 2. The van der Waals surface area contributed by atoms with Gasteiger partial charge in [0.05, 0.1) is 20.9 Å². The van der Waals surface area contributed by atoms with Crippen molar-refractivity contribution in [2.24, 2.45) is 0 Å². The molecule has 1 unspecified atom stereocenters. The molecule has 0 fully saturated rings. The zero-order chi connectivity index (χ0) is 20.1. The summed E-state index contributed by atoms with van der Waals surface area (Å²) in [5, 5.41) is 13.3. The van der Waals surface area contributed by atoms with E-state index in [4.69, 9.17) is 4.74 Å². The molecule has 1 N–H and O–H groups in total. The number of nitrogens with one attached hydrogen (secondary N) is 1. The number of anilines is 1. The number of nitrogens with zero attached hydrogens (tertiary/aromatic N) is 2. The highest BCUT2D eigenvalue weighted by atomic mass is 32.2. The summed E-state index contributed by atoms with van der Waals surface area (Å²) >= 11 is 2.72. The first-order valence-electron chi connectivity index (χ1n) is 8.15. The smallest absolute Gasteiger partial charge is 0.317 e. The highest BCUT2D eigenvalue weighted by molar-refractivity contribution is 8.01. The molecule has 144 valence electrons. The van der Waals surface area contributed by atoms with Crippen molar-refractivity contribution in [1.29, 1.82) is 0 Å². The summed E-state index contributed by atoms with van der Waals surface area (Å²) in [6.07, 6.45) is -1.04. The van der Waals surface area contributed by atoms with Crippen LogP contribution in [-0.4, -0.2) is 33.6 Å². The topological polar surface area (TPSA) is 111 Å². The fourth-order valence-corrected chi connectivity index (χ4v) is 4.11. The van der Waals surface area contributed by atoms with Crippen LogP contribution in [0.5, 0.6) is 0 Å². The predicted molar refractivity (Wildman–Crippen MR) is 108 cm³/mol. The number of ether oxygens (including phenoxy) is 1. The largest absolute Gasteiger partial charge is 0.452 e. The number of carbonyl (C=O) groups is 2. The van der Waals surface area contributed by atoms with Gasteiger partial charge in [0, 0.05) is 17.8 Å². The Morgan fingerprint density at radius 1 is 1.29 bits per heavy atom. The van der Waals surface area contributed by atoms with Gasteiger partial charge < -0.3 is 10.1 Å². The van der Waals surface area contributed by atoms with Crippen LogP contribution in [0.2, 0.25) is 0 Å². The van der Waals surface area contributed by atoms with Crippen molar-refractivity contribution in [3.63, 3.8) is 0 Å². The Hall–Kier alpha value is -2.98. The van der Waals surface area contributed by atoms with Crippen molar-refractivity contribution >= 4 is 56.6 Å². The molecule has 0 radical (unpaired) electrons. The summed E-state index contributed by atoms with van der Waals surface area (Å²) in [7, 11) is 0. The Labute approximate surface area is 168 Å². The fraction of sp³-hybridized carbons (Fsp3) is 0.167. The van der Waals surface area contributed by atoms with Gasteiger partial charge in [-0.3, -0.25) is 19.7 Å². The molecule has 1 atom stereocenters. The molecule has 8 nitrogen and oxygen atoms in total. The molecule has 1 heterocycles. The van der Waals surface area contributed by atoms with Crippen molar-refractivity contribution in [1.82, 2.24) is 4.98 Å². The van der Waals surface area contributed by atoms with Crippen molar-refractivity contribution in [3.8, 4) is 0 Å². The molecule has 0 aliphatic carbocycles. The minimum atomic E-state index is -1.04. The summed E-state index contributed by atoms with van der Waals surface area (Å²) in [6.45, 7) is 1.44. The molecule has 1 amide bonds. The first-order chi connectivity index (χ1) is 13.4. The lowest BCUT2D eigenvalue weighted by molar-refractivity contribution is -0.384. The molecule has 0 saturated heterocycles. The molecule has 2 aromatic carbocycles. The zero-order valence-electron chi connectivity index (χ0n) is 14.7. The second-order valence-electron chi connectivity index (χ2n) is 5.66. The third-order valence-electron chi connectivity index (χ3n) is 3.59. The van der Waals surface area contributed by atoms with Crippen LogP contribution >= 0.6 is 23.1 Å². The van der Waals surface area contributed by atoms with E-state index in [1.165, 1.54) is 54.3 Å². The number of hydrogen-bond acceptors (Lipinski definition) is 8. The maximum absolute atomic E-state index is 12.1. The Kier molecular flexibility index (Phi) is 6.22. The monoisotopic (exact) mass is 417 g/mol. The number of nitro benzene ring substituents is 1. The van der Waals surface area contributed by atoms with Gasteiger partial charge >= 0.3 is 5.97 Å². The molecular weight excluding hydrogens is 402 g/mol. The van der Waals surface area contributed by atoms with Crippen LogP contribution in [0, 0.1) is 10.1 Å². The van der Waals surface area contributed by atoms with Crippen LogP contribution in [0.4, 0.5) is 11.4 Å². The third kappa shape index (κ3) is 5.05. The lowest BCUT2D eigenvalue weighted by Gasteiger charge is -2.13. The average Bonchev–Trinajstić information content (AvgIpc) is 3.09. The summed E-state index contributed by atoms with van der Waals surface area (Å²) in [5.41, 5.74) is 0.980. The van der Waals surface area contributed by atoms with E-state index in [-0.39, 0.29) is 17.1 Å². The normalized spacial score (nSPS) is 11.8. The molecular formula is C18H15N3O5S2. The van der Waals surface area contributed by atoms with Gasteiger partial charge in [0.25, 0.3) is 11.6 Å². The number of fused-ring (bicyclic) bond motifs is 1. The van der Waals surface area contributed by atoms with Gasteiger partial charge in [-0.1, -0.05) is 30.0 Å². The number of nitro groups is 1. The third-order valence-corrected chi connectivity index (χ3v) is 5.74. The van der Waals surface area contributed by atoms with Crippen molar-refractivity contribution in [2.75, 3.05) is 11.1 Å². The molecule has 3 aromatic rings. The van der Waals surface area contributed by atoms with Crippen LogP contribution in [-0.2, 0) is 14.3 Å². The Morgan fingerprint density at radius 2 is 2.07 bits per heavy atom. The number of amides is 1. The molecule has 28 heavy (non-hydrogen) atoms. The van der Waals surface area contributed by atoms with Gasteiger partial charge in [-0.25, -0.2) is 4.98 Å². The van der Waals surface area contributed by atoms with Crippen LogP contribution in [0.15, 0.2) is 52.9 Å². The van der Waals surface area contributed by atoms with Crippen molar-refractivity contribution in [3.05, 3.63) is 58.6 Å². The number of aromatic nitrogens is 1. The van der Waals surface area contributed by atoms with Gasteiger partial charge in [-0.2, -0.15) is 0 Å². The van der Waals surface area contributed by atoms with Gasteiger partial charge in [-0.15, -0.1) is 11.3 Å². The summed E-state index contributed by atoms with van der Waals surface area (Å²) < 4.78 is 6.90. The first-order valence-corrected chi connectivity index (χ1v) is 9.96. The zero-order valence-corrected chi connectivity index (χ0v) is 16.3. The molecule has 0 bridgehead atoms. The molecule has 10 heteroatoms. The van der Waals surface area contributed by atoms with Crippen LogP contribution in [0.25, 0.3) is 10.2 Å². The predicted octanol–water partition coefficient (Wildman–Crippen LogP) is 3.87.